The summed E-state index contributed by atoms with van der Waals surface area (Å²) in [6.07, 6.45) is -0.813. The number of benzene rings is 4. The Bertz CT molecular complexity index is 1480. The average molecular weight is 591 g/mol. The molecule has 2 heterocycles. The fraction of sp³-hybridized carbons (Fsp3) is 0.263. The molecule has 6 heteroatoms. The van der Waals surface area contributed by atoms with Crippen LogP contribution in [0.3, 0.4) is 0 Å². The summed E-state index contributed by atoms with van der Waals surface area (Å²) >= 11 is 0. The maximum Gasteiger partial charge on any atom is 0.144 e. The van der Waals surface area contributed by atoms with Gasteiger partial charge in [0.1, 0.15) is 36.3 Å². The normalized spacial score (nSPS) is 21.7. The second-order valence-electron chi connectivity index (χ2n) is 10.9. The van der Waals surface area contributed by atoms with Crippen LogP contribution >= 0.6 is 0 Å². The van der Waals surface area contributed by atoms with Gasteiger partial charge in [-0.15, -0.1) is 0 Å². The number of rotatable bonds is 14. The molecule has 5 aromatic rings. The van der Waals surface area contributed by atoms with E-state index in [1.54, 1.807) is 6.26 Å². The fourth-order valence-electron chi connectivity index (χ4n) is 5.47. The molecular formula is C38H38O6. The lowest BCUT2D eigenvalue weighted by Gasteiger charge is -2.45. The Morgan fingerprint density at radius 1 is 0.455 bits per heavy atom. The van der Waals surface area contributed by atoms with Crippen LogP contribution in [0.2, 0.25) is 0 Å². The molecule has 1 fully saturated rings. The Balaban J connectivity index is 1.31. The van der Waals surface area contributed by atoms with Gasteiger partial charge >= 0.3 is 0 Å². The summed E-state index contributed by atoms with van der Waals surface area (Å²) in [7, 11) is 0. The third-order valence-corrected chi connectivity index (χ3v) is 7.71. The van der Waals surface area contributed by atoms with E-state index < -0.39 is 30.5 Å². The van der Waals surface area contributed by atoms with Gasteiger partial charge in [0.15, 0.2) is 0 Å². The molecule has 1 aliphatic rings. The van der Waals surface area contributed by atoms with E-state index in [1.807, 2.05) is 84.9 Å². The lowest BCUT2D eigenvalue weighted by atomic mass is 9.92. The predicted molar refractivity (Wildman–Crippen MR) is 167 cm³/mol. The van der Waals surface area contributed by atoms with E-state index in [1.165, 1.54) is 0 Å². The third-order valence-electron chi connectivity index (χ3n) is 7.71. The van der Waals surface area contributed by atoms with Gasteiger partial charge in [-0.25, -0.2) is 0 Å². The average Bonchev–Trinajstić information content (AvgIpc) is 3.63. The molecule has 0 saturated carbocycles. The highest BCUT2D eigenvalue weighted by atomic mass is 16.6. The zero-order valence-electron chi connectivity index (χ0n) is 24.7. The van der Waals surface area contributed by atoms with Crippen LogP contribution in [0.25, 0.3) is 0 Å². The van der Waals surface area contributed by atoms with Gasteiger partial charge in [-0.1, -0.05) is 121 Å². The highest BCUT2D eigenvalue weighted by Gasteiger charge is 2.49. The van der Waals surface area contributed by atoms with Crippen LogP contribution in [-0.2, 0) is 50.1 Å². The molecule has 0 amide bonds. The van der Waals surface area contributed by atoms with Gasteiger partial charge in [0, 0.05) is 0 Å². The Morgan fingerprint density at radius 3 is 1.39 bits per heavy atom. The number of hydrogen-bond donors (Lipinski definition) is 0. The zero-order chi connectivity index (χ0) is 29.8. The first kappa shape index (κ1) is 30.0. The summed E-state index contributed by atoms with van der Waals surface area (Å²) in [5.74, 6) is 0.672. The topological polar surface area (TPSA) is 59.3 Å². The van der Waals surface area contributed by atoms with Crippen molar-refractivity contribution in [2.45, 2.75) is 56.9 Å². The summed E-state index contributed by atoms with van der Waals surface area (Å²) in [6.45, 7) is 1.94. The molecular weight excluding hydrogens is 552 g/mol. The highest BCUT2D eigenvalue weighted by molar-refractivity contribution is 5.17. The number of ether oxygens (including phenoxy) is 5. The van der Waals surface area contributed by atoms with Crippen molar-refractivity contribution >= 4 is 0 Å². The molecule has 0 spiro atoms. The van der Waals surface area contributed by atoms with Crippen LogP contribution in [-0.4, -0.2) is 31.0 Å². The zero-order valence-corrected chi connectivity index (χ0v) is 24.7. The van der Waals surface area contributed by atoms with Gasteiger partial charge in [-0.3, -0.25) is 0 Å². The monoisotopic (exact) mass is 590 g/mol. The van der Waals surface area contributed by atoms with Crippen molar-refractivity contribution in [3.63, 3.8) is 0 Å². The molecule has 1 aromatic heterocycles. The highest BCUT2D eigenvalue weighted by Crippen LogP contribution is 2.38. The SMILES string of the molecule is c1ccc(COCC2OC(c3ccco3)C(OCc3ccccc3)C(OCc3ccccc3)C2OCc2ccccc2)cc1. The predicted octanol–water partition coefficient (Wildman–Crippen LogP) is 7.69. The Kier molecular flexibility index (Phi) is 10.6. The van der Waals surface area contributed by atoms with Crippen molar-refractivity contribution in [3.05, 3.63) is 168 Å². The van der Waals surface area contributed by atoms with Crippen LogP contribution in [0.4, 0.5) is 0 Å². The van der Waals surface area contributed by atoms with E-state index >= 15 is 0 Å². The summed E-state index contributed by atoms with van der Waals surface area (Å²) in [4.78, 5) is 0. The van der Waals surface area contributed by atoms with Gasteiger partial charge in [0.2, 0.25) is 0 Å². The van der Waals surface area contributed by atoms with E-state index in [-0.39, 0.29) is 0 Å². The van der Waals surface area contributed by atoms with E-state index in [4.69, 9.17) is 28.1 Å². The van der Waals surface area contributed by atoms with Gasteiger partial charge in [-0.2, -0.15) is 0 Å². The largest absolute Gasteiger partial charge is 0.466 e. The molecule has 5 unspecified atom stereocenters. The van der Waals surface area contributed by atoms with E-state index in [2.05, 4.69) is 48.5 Å². The molecule has 1 saturated heterocycles. The molecule has 226 valence electrons. The first-order valence-electron chi connectivity index (χ1n) is 15.1. The van der Waals surface area contributed by atoms with E-state index in [0.717, 1.165) is 22.3 Å². The van der Waals surface area contributed by atoms with Gasteiger partial charge in [-0.05, 0) is 34.4 Å². The summed E-state index contributed by atoms with van der Waals surface area (Å²) < 4.78 is 39.1. The fourth-order valence-corrected chi connectivity index (χ4v) is 5.47. The second-order valence-corrected chi connectivity index (χ2v) is 10.9. The Labute approximate surface area is 259 Å². The molecule has 44 heavy (non-hydrogen) atoms. The van der Waals surface area contributed by atoms with Crippen molar-refractivity contribution in [1.82, 2.24) is 0 Å². The van der Waals surface area contributed by atoms with Crippen molar-refractivity contribution < 1.29 is 28.1 Å². The quantitative estimate of drug-likeness (QED) is 0.132. The Hall–Kier alpha value is -4.04. The van der Waals surface area contributed by atoms with Crippen molar-refractivity contribution in [3.8, 4) is 0 Å². The molecule has 6 nitrogen and oxygen atoms in total. The smallest absolute Gasteiger partial charge is 0.144 e. The summed E-state index contributed by atoms with van der Waals surface area (Å²) in [6, 6.07) is 44.3. The van der Waals surface area contributed by atoms with Crippen molar-refractivity contribution in [1.29, 1.82) is 0 Å². The van der Waals surface area contributed by atoms with Crippen LogP contribution in [0.1, 0.15) is 34.1 Å². The number of furan rings is 1. The molecule has 4 aromatic carbocycles. The van der Waals surface area contributed by atoms with Gasteiger partial charge in [0.25, 0.3) is 0 Å². The first-order valence-corrected chi connectivity index (χ1v) is 15.1. The van der Waals surface area contributed by atoms with Gasteiger partial charge in [0.05, 0.1) is 39.3 Å². The lowest BCUT2D eigenvalue weighted by Crippen LogP contribution is -2.58. The maximum atomic E-state index is 6.80. The van der Waals surface area contributed by atoms with Crippen LogP contribution < -0.4 is 0 Å². The number of hydrogen-bond acceptors (Lipinski definition) is 6. The second kappa shape index (κ2) is 15.6. The summed E-state index contributed by atoms with van der Waals surface area (Å²) in [5.41, 5.74) is 4.28. The van der Waals surface area contributed by atoms with E-state index in [0.29, 0.717) is 38.8 Å². The van der Waals surface area contributed by atoms with Crippen molar-refractivity contribution in [2.75, 3.05) is 6.61 Å². The molecule has 0 radical (unpaired) electrons. The standard InChI is InChI=1S/C38H38O6/c1-5-14-29(15-6-1)24-39-28-34-35(41-25-30-16-7-2-8-17-30)37(42-26-31-18-9-3-10-19-31)38(36(44-34)33-22-13-23-40-33)43-27-32-20-11-4-12-21-32/h1-23,34-38H,24-28H2. The minimum atomic E-state index is -0.531. The molecule has 6 rings (SSSR count). The van der Waals surface area contributed by atoms with Crippen LogP contribution in [0.15, 0.2) is 144 Å². The van der Waals surface area contributed by atoms with E-state index in [9.17, 15) is 0 Å². The maximum absolute atomic E-state index is 6.80. The molecule has 0 N–H and O–H groups in total. The summed E-state index contributed by atoms with van der Waals surface area (Å²) in [5, 5.41) is 0. The van der Waals surface area contributed by atoms with Crippen LogP contribution in [0.5, 0.6) is 0 Å². The molecule has 0 bridgehead atoms. The molecule has 1 aliphatic heterocycles. The third kappa shape index (κ3) is 8.11. The van der Waals surface area contributed by atoms with Crippen molar-refractivity contribution in [2.24, 2.45) is 0 Å². The Morgan fingerprint density at radius 2 is 0.909 bits per heavy atom. The van der Waals surface area contributed by atoms with Crippen LogP contribution in [0, 0.1) is 0 Å². The molecule has 0 aliphatic carbocycles. The minimum Gasteiger partial charge on any atom is -0.466 e. The first-order chi connectivity index (χ1) is 21.8. The molecule has 5 atom stereocenters. The lowest BCUT2D eigenvalue weighted by molar-refractivity contribution is -0.277. The minimum absolute atomic E-state index is 0.308. The van der Waals surface area contributed by atoms with Gasteiger partial charge < -0.3 is 28.1 Å².